The summed E-state index contributed by atoms with van der Waals surface area (Å²) in [5.74, 6) is -0.268. The number of allylic oxidation sites excluding steroid dienone is 2. The molecule has 9 nitrogen and oxygen atoms in total. The lowest BCUT2D eigenvalue weighted by Gasteiger charge is -2.36. The van der Waals surface area contributed by atoms with E-state index in [1.807, 2.05) is 12.2 Å². The Morgan fingerprint density at radius 1 is 0.870 bits per heavy atom. The molecule has 0 aromatic carbocycles. The Hall–Kier alpha value is -1.78. The Labute approximate surface area is 278 Å². The highest BCUT2D eigenvalue weighted by Crippen LogP contribution is 2.29. The van der Waals surface area contributed by atoms with Crippen LogP contribution in [0.3, 0.4) is 0 Å². The van der Waals surface area contributed by atoms with Gasteiger partial charge in [0.25, 0.3) is 0 Å². The summed E-state index contributed by atoms with van der Waals surface area (Å²) in [6, 6.07) is 0. The highest BCUT2D eigenvalue weighted by molar-refractivity contribution is 5.70. The van der Waals surface area contributed by atoms with Gasteiger partial charge in [-0.25, -0.2) is 0 Å². The molecule has 0 aromatic heterocycles. The van der Waals surface area contributed by atoms with Crippen LogP contribution in [0.2, 0.25) is 0 Å². The van der Waals surface area contributed by atoms with E-state index in [1.165, 1.54) is 38.5 Å². The minimum atomic E-state index is -1.05. The standard InChI is InChI=1S/C37H66O9/c1-4-5-14-20-30(39)24-25-34-32(33(40)26-37(43)46-34)21-16-12-13-18-23-36(42)45-31(27-38)28-44-35(41)22-17-11-9-7-6-8-10-15-19-29(2)3/h12,16,24-25,29-34,37-40,43H,4-11,13-15,17-23,26-28H2,1-3H3/b16-12-,25-24+/t30-,31-,32-,33-,34+,37?/m0/s1. The Morgan fingerprint density at radius 2 is 1.52 bits per heavy atom. The van der Waals surface area contributed by atoms with E-state index in [0.29, 0.717) is 32.1 Å². The van der Waals surface area contributed by atoms with Crippen molar-refractivity contribution in [2.24, 2.45) is 11.8 Å². The average molecular weight is 655 g/mol. The van der Waals surface area contributed by atoms with Gasteiger partial charge in [-0.3, -0.25) is 9.59 Å². The van der Waals surface area contributed by atoms with Gasteiger partial charge < -0.3 is 34.6 Å². The largest absolute Gasteiger partial charge is 0.462 e. The van der Waals surface area contributed by atoms with E-state index >= 15 is 0 Å². The normalized spacial score (nSPS) is 21.7. The summed E-state index contributed by atoms with van der Waals surface area (Å²) >= 11 is 0. The Morgan fingerprint density at radius 3 is 2.20 bits per heavy atom. The molecule has 6 atom stereocenters. The van der Waals surface area contributed by atoms with Crippen LogP contribution in [0.15, 0.2) is 24.3 Å². The molecule has 46 heavy (non-hydrogen) atoms. The first-order chi connectivity index (χ1) is 22.2. The summed E-state index contributed by atoms with van der Waals surface area (Å²) in [7, 11) is 0. The number of hydrogen-bond acceptors (Lipinski definition) is 9. The molecule has 1 unspecified atom stereocenters. The van der Waals surface area contributed by atoms with Gasteiger partial charge in [-0.05, 0) is 38.0 Å². The van der Waals surface area contributed by atoms with Gasteiger partial charge in [0.05, 0.1) is 24.9 Å². The lowest BCUT2D eigenvalue weighted by atomic mass is 9.87. The van der Waals surface area contributed by atoms with Crippen LogP contribution in [-0.4, -0.2) is 76.3 Å². The number of aliphatic hydroxyl groups excluding tert-OH is 4. The predicted octanol–water partition coefficient (Wildman–Crippen LogP) is 6.69. The van der Waals surface area contributed by atoms with Gasteiger partial charge in [0, 0.05) is 25.2 Å². The third-order valence-corrected chi connectivity index (χ3v) is 8.47. The molecule has 1 aliphatic heterocycles. The summed E-state index contributed by atoms with van der Waals surface area (Å²) in [6.07, 6.45) is 20.1. The zero-order valence-electron chi connectivity index (χ0n) is 29.0. The molecular formula is C37H66O9. The topological polar surface area (TPSA) is 143 Å². The van der Waals surface area contributed by atoms with Crippen molar-refractivity contribution in [2.45, 2.75) is 173 Å². The molecule has 0 amide bonds. The van der Waals surface area contributed by atoms with Crippen molar-refractivity contribution in [1.29, 1.82) is 0 Å². The lowest BCUT2D eigenvalue weighted by molar-refractivity contribution is -0.199. The maximum Gasteiger partial charge on any atom is 0.306 e. The fraction of sp³-hybridized carbons (Fsp3) is 0.838. The van der Waals surface area contributed by atoms with E-state index in [2.05, 4.69) is 20.8 Å². The molecule has 4 N–H and O–H groups in total. The van der Waals surface area contributed by atoms with Gasteiger partial charge in [0.1, 0.15) is 6.61 Å². The van der Waals surface area contributed by atoms with Crippen LogP contribution in [0.1, 0.15) is 143 Å². The number of aliphatic hydroxyl groups is 4. The maximum atomic E-state index is 12.2. The number of unbranched alkanes of at least 4 members (excludes halogenated alkanes) is 10. The van der Waals surface area contributed by atoms with Gasteiger partial charge >= 0.3 is 11.9 Å². The van der Waals surface area contributed by atoms with E-state index in [0.717, 1.165) is 44.4 Å². The van der Waals surface area contributed by atoms with E-state index in [1.54, 1.807) is 12.2 Å². The number of hydrogen-bond donors (Lipinski definition) is 4. The summed E-state index contributed by atoms with van der Waals surface area (Å²) in [5, 5.41) is 40.3. The second kappa shape index (κ2) is 27.2. The molecule has 1 fully saturated rings. The number of ether oxygens (including phenoxy) is 3. The van der Waals surface area contributed by atoms with E-state index in [4.69, 9.17) is 14.2 Å². The average Bonchev–Trinajstić information content (AvgIpc) is 3.01. The lowest BCUT2D eigenvalue weighted by Crippen LogP contribution is -2.43. The molecule has 1 rings (SSSR count). The van der Waals surface area contributed by atoms with Crippen molar-refractivity contribution in [3.8, 4) is 0 Å². The summed E-state index contributed by atoms with van der Waals surface area (Å²) in [5.41, 5.74) is 0. The van der Waals surface area contributed by atoms with E-state index in [9.17, 15) is 30.0 Å². The van der Waals surface area contributed by atoms with Gasteiger partial charge in [-0.2, -0.15) is 0 Å². The highest BCUT2D eigenvalue weighted by Gasteiger charge is 2.35. The molecule has 9 heteroatoms. The number of esters is 2. The molecule has 268 valence electrons. The molecule has 1 saturated heterocycles. The Kier molecular flexibility index (Phi) is 25.0. The summed E-state index contributed by atoms with van der Waals surface area (Å²) in [6.45, 7) is 6.07. The van der Waals surface area contributed by atoms with Gasteiger partial charge in [0.15, 0.2) is 12.4 Å². The minimum absolute atomic E-state index is 0.133. The van der Waals surface area contributed by atoms with E-state index < -0.39 is 43.3 Å². The molecule has 0 saturated carbocycles. The Balaban J connectivity index is 2.23. The SMILES string of the molecule is CCCCC[C@H](O)/C=C/[C@H]1OC(O)C[C@H](O)[C@@H]1C/C=C\CCCC(=O)O[C@@H](CO)COC(=O)CCCCCCCCCCC(C)C. The second-order valence-corrected chi connectivity index (χ2v) is 13.3. The molecule has 0 radical (unpaired) electrons. The van der Waals surface area contributed by atoms with Crippen molar-refractivity contribution in [1.82, 2.24) is 0 Å². The minimum Gasteiger partial charge on any atom is -0.462 e. The molecule has 1 aliphatic rings. The zero-order chi connectivity index (χ0) is 34.0. The van der Waals surface area contributed by atoms with Crippen LogP contribution >= 0.6 is 0 Å². The molecule has 1 heterocycles. The molecule has 0 spiro atoms. The van der Waals surface area contributed by atoms with Gasteiger partial charge in [-0.1, -0.05) is 116 Å². The quantitative estimate of drug-likeness (QED) is 0.0433. The smallest absolute Gasteiger partial charge is 0.306 e. The van der Waals surface area contributed by atoms with Gasteiger partial charge in [-0.15, -0.1) is 0 Å². The molecule has 0 aliphatic carbocycles. The summed E-state index contributed by atoms with van der Waals surface area (Å²) < 4.78 is 16.2. The number of rotatable bonds is 27. The predicted molar refractivity (Wildman–Crippen MR) is 181 cm³/mol. The van der Waals surface area contributed by atoms with Crippen molar-refractivity contribution in [2.75, 3.05) is 13.2 Å². The molecule has 0 aromatic rings. The fourth-order valence-electron chi connectivity index (χ4n) is 5.60. The van der Waals surface area contributed by atoms with Crippen molar-refractivity contribution in [3.63, 3.8) is 0 Å². The first kappa shape index (κ1) is 42.2. The molecular weight excluding hydrogens is 588 g/mol. The first-order valence-corrected chi connectivity index (χ1v) is 18.1. The Bertz CT molecular complexity index is 828. The van der Waals surface area contributed by atoms with Crippen molar-refractivity contribution < 1.29 is 44.2 Å². The van der Waals surface area contributed by atoms with Crippen LogP contribution in [0, 0.1) is 11.8 Å². The third-order valence-electron chi connectivity index (χ3n) is 8.47. The van der Waals surface area contributed by atoms with Crippen LogP contribution in [0.4, 0.5) is 0 Å². The van der Waals surface area contributed by atoms with Crippen LogP contribution in [-0.2, 0) is 23.8 Å². The first-order valence-electron chi connectivity index (χ1n) is 18.1. The fourth-order valence-corrected chi connectivity index (χ4v) is 5.60. The maximum absolute atomic E-state index is 12.2. The third kappa shape index (κ3) is 21.9. The second-order valence-electron chi connectivity index (χ2n) is 13.3. The highest BCUT2D eigenvalue weighted by atomic mass is 16.6. The van der Waals surface area contributed by atoms with Crippen molar-refractivity contribution >= 4 is 11.9 Å². The summed E-state index contributed by atoms with van der Waals surface area (Å²) in [4.78, 5) is 24.3. The van der Waals surface area contributed by atoms with Crippen LogP contribution in [0.5, 0.6) is 0 Å². The number of carbonyl (C=O) groups is 2. The van der Waals surface area contributed by atoms with Crippen molar-refractivity contribution in [3.05, 3.63) is 24.3 Å². The monoisotopic (exact) mass is 654 g/mol. The molecule has 0 bridgehead atoms. The van der Waals surface area contributed by atoms with Crippen LogP contribution in [0.25, 0.3) is 0 Å². The van der Waals surface area contributed by atoms with Crippen LogP contribution < -0.4 is 0 Å². The van der Waals surface area contributed by atoms with E-state index in [-0.39, 0.29) is 31.3 Å². The number of carbonyl (C=O) groups excluding carboxylic acids is 2. The zero-order valence-corrected chi connectivity index (χ0v) is 29.0. The van der Waals surface area contributed by atoms with Gasteiger partial charge in [0.2, 0.25) is 0 Å².